The lowest BCUT2D eigenvalue weighted by Crippen LogP contribution is -2.01. The van der Waals surface area contributed by atoms with E-state index in [1.165, 1.54) is 10.9 Å². The highest BCUT2D eigenvalue weighted by Gasteiger charge is 2.10. The largest absolute Gasteiger partial charge is 0.478 e. The molecule has 0 saturated carbocycles. The molecule has 5 heteroatoms. The fraction of sp³-hybridized carbons (Fsp3) is 0.100. The highest BCUT2D eigenvalue weighted by molar-refractivity contribution is 5.88. The third-order valence-corrected chi connectivity index (χ3v) is 4.31. The van der Waals surface area contributed by atoms with E-state index in [1.54, 1.807) is 24.4 Å². The topological polar surface area (TPSA) is 60.0 Å². The van der Waals surface area contributed by atoms with Crippen LogP contribution >= 0.6 is 0 Å². The lowest BCUT2D eigenvalue weighted by molar-refractivity contribution is 0.0696. The number of imidazole rings is 1. The SMILES string of the molecule is O=C(O)c1cccc(Cn2cc(Cn3ccnc3)c3ccccc32)c1. The highest BCUT2D eigenvalue weighted by Crippen LogP contribution is 2.23. The number of nitrogens with zero attached hydrogens (tertiary/aromatic N) is 3. The molecule has 2 aromatic heterocycles. The maximum atomic E-state index is 11.2. The van der Waals surface area contributed by atoms with Crippen LogP contribution in [0, 0.1) is 0 Å². The molecule has 1 N–H and O–H groups in total. The Morgan fingerprint density at radius 2 is 1.96 bits per heavy atom. The van der Waals surface area contributed by atoms with Crippen molar-refractivity contribution in [1.82, 2.24) is 14.1 Å². The number of fused-ring (bicyclic) bond motifs is 1. The molecule has 0 aliphatic carbocycles. The molecule has 0 radical (unpaired) electrons. The second-order valence-corrected chi connectivity index (χ2v) is 6.04. The molecule has 0 fully saturated rings. The van der Waals surface area contributed by atoms with Crippen LogP contribution in [0.2, 0.25) is 0 Å². The Bertz CT molecular complexity index is 1030. The van der Waals surface area contributed by atoms with E-state index in [2.05, 4.69) is 27.9 Å². The second-order valence-electron chi connectivity index (χ2n) is 6.04. The number of carboxylic acids is 1. The van der Waals surface area contributed by atoms with Crippen LogP contribution in [0.5, 0.6) is 0 Å². The normalized spacial score (nSPS) is 11.0. The van der Waals surface area contributed by atoms with Gasteiger partial charge in [0.05, 0.1) is 18.4 Å². The Morgan fingerprint density at radius 3 is 2.76 bits per heavy atom. The van der Waals surface area contributed by atoms with Gasteiger partial charge in [0.2, 0.25) is 0 Å². The van der Waals surface area contributed by atoms with E-state index in [4.69, 9.17) is 0 Å². The molecule has 25 heavy (non-hydrogen) atoms. The molecular formula is C20H17N3O2. The molecule has 4 rings (SSSR count). The molecule has 0 saturated heterocycles. The molecule has 0 bridgehead atoms. The van der Waals surface area contributed by atoms with E-state index < -0.39 is 5.97 Å². The standard InChI is InChI=1S/C20H17N3O2/c24-20(25)16-5-3-4-15(10-16)11-23-13-17(12-22-9-8-21-14-22)18-6-1-2-7-19(18)23/h1-10,13-14H,11-12H2,(H,24,25). The lowest BCUT2D eigenvalue weighted by atomic mass is 10.1. The van der Waals surface area contributed by atoms with Gasteiger partial charge in [-0.2, -0.15) is 0 Å². The van der Waals surface area contributed by atoms with Crippen molar-refractivity contribution in [2.45, 2.75) is 13.1 Å². The van der Waals surface area contributed by atoms with Gasteiger partial charge in [-0.25, -0.2) is 9.78 Å². The number of carboxylic acid groups (broad SMARTS) is 1. The average Bonchev–Trinajstić information content (AvgIpc) is 3.25. The summed E-state index contributed by atoms with van der Waals surface area (Å²) in [5.74, 6) is -0.903. The first-order chi connectivity index (χ1) is 12.2. The Labute approximate surface area is 144 Å². The van der Waals surface area contributed by atoms with E-state index in [9.17, 15) is 9.90 Å². The van der Waals surface area contributed by atoms with Crippen molar-refractivity contribution in [3.8, 4) is 0 Å². The average molecular weight is 331 g/mol. The molecule has 0 amide bonds. The maximum Gasteiger partial charge on any atom is 0.335 e. The minimum absolute atomic E-state index is 0.313. The number of aromatic nitrogens is 3. The number of hydrogen-bond acceptors (Lipinski definition) is 2. The highest BCUT2D eigenvalue weighted by atomic mass is 16.4. The number of carbonyl (C=O) groups is 1. The predicted octanol–water partition coefficient (Wildman–Crippen LogP) is 3.63. The third kappa shape index (κ3) is 3.04. The van der Waals surface area contributed by atoms with Gasteiger partial charge in [-0.15, -0.1) is 0 Å². The van der Waals surface area contributed by atoms with Gasteiger partial charge in [-0.3, -0.25) is 0 Å². The quantitative estimate of drug-likeness (QED) is 0.607. The molecule has 0 aliphatic heterocycles. The van der Waals surface area contributed by atoms with Crippen LogP contribution < -0.4 is 0 Å². The van der Waals surface area contributed by atoms with Crippen LogP contribution in [-0.2, 0) is 13.1 Å². The molecular weight excluding hydrogens is 314 g/mol. The van der Waals surface area contributed by atoms with Crippen LogP contribution in [-0.4, -0.2) is 25.2 Å². The molecule has 0 spiro atoms. The Hall–Kier alpha value is -3.34. The predicted molar refractivity (Wildman–Crippen MR) is 95.8 cm³/mol. The first kappa shape index (κ1) is 15.2. The summed E-state index contributed by atoms with van der Waals surface area (Å²) in [5.41, 5.74) is 3.63. The first-order valence-electron chi connectivity index (χ1n) is 8.05. The van der Waals surface area contributed by atoms with E-state index >= 15 is 0 Å². The Morgan fingerprint density at radius 1 is 1.08 bits per heavy atom. The van der Waals surface area contributed by atoms with Gasteiger partial charge in [-0.1, -0.05) is 30.3 Å². The van der Waals surface area contributed by atoms with Crippen LogP contribution in [0.3, 0.4) is 0 Å². The first-order valence-corrected chi connectivity index (χ1v) is 8.05. The number of aromatic carboxylic acids is 1. The van der Waals surface area contributed by atoms with Crippen LogP contribution in [0.15, 0.2) is 73.4 Å². The molecule has 4 aromatic rings. The van der Waals surface area contributed by atoms with Crippen molar-refractivity contribution in [2.24, 2.45) is 0 Å². The van der Waals surface area contributed by atoms with Gasteiger partial charge >= 0.3 is 5.97 Å². The summed E-state index contributed by atoms with van der Waals surface area (Å²) in [4.78, 5) is 15.3. The summed E-state index contributed by atoms with van der Waals surface area (Å²) < 4.78 is 4.21. The van der Waals surface area contributed by atoms with Gasteiger partial charge in [0, 0.05) is 36.0 Å². The van der Waals surface area contributed by atoms with Gasteiger partial charge in [-0.05, 0) is 29.3 Å². The van der Waals surface area contributed by atoms with Crippen LogP contribution in [0.1, 0.15) is 21.5 Å². The number of rotatable bonds is 5. The van der Waals surface area contributed by atoms with E-state index in [-0.39, 0.29) is 0 Å². The second kappa shape index (κ2) is 6.28. The Kier molecular flexibility index (Phi) is 3.82. The van der Waals surface area contributed by atoms with E-state index in [0.717, 1.165) is 17.6 Å². The summed E-state index contributed by atoms with van der Waals surface area (Å²) in [6.45, 7) is 1.38. The molecule has 124 valence electrons. The molecule has 0 unspecified atom stereocenters. The maximum absolute atomic E-state index is 11.2. The molecule has 0 aliphatic rings. The van der Waals surface area contributed by atoms with Crippen molar-refractivity contribution in [3.63, 3.8) is 0 Å². The van der Waals surface area contributed by atoms with E-state index in [1.807, 2.05) is 35.3 Å². The molecule has 5 nitrogen and oxygen atoms in total. The van der Waals surface area contributed by atoms with Crippen molar-refractivity contribution < 1.29 is 9.90 Å². The zero-order valence-corrected chi connectivity index (χ0v) is 13.5. The summed E-state index contributed by atoms with van der Waals surface area (Å²) in [6, 6.07) is 15.4. The summed E-state index contributed by atoms with van der Waals surface area (Å²) >= 11 is 0. The van der Waals surface area contributed by atoms with Crippen LogP contribution in [0.25, 0.3) is 10.9 Å². The summed E-state index contributed by atoms with van der Waals surface area (Å²) in [6.07, 6.45) is 7.67. The molecule has 0 atom stereocenters. The number of hydrogen-bond donors (Lipinski definition) is 1. The minimum Gasteiger partial charge on any atom is -0.478 e. The number of para-hydroxylation sites is 1. The van der Waals surface area contributed by atoms with Gasteiger partial charge in [0.25, 0.3) is 0 Å². The van der Waals surface area contributed by atoms with Crippen molar-refractivity contribution in [2.75, 3.05) is 0 Å². The fourth-order valence-electron chi connectivity index (χ4n) is 3.16. The van der Waals surface area contributed by atoms with Gasteiger partial charge in [0.15, 0.2) is 0 Å². The summed E-state index contributed by atoms with van der Waals surface area (Å²) in [7, 11) is 0. The molecule has 2 aromatic carbocycles. The zero-order chi connectivity index (χ0) is 17.2. The fourth-order valence-corrected chi connectivity index (χ4v) is 3.16. The van der Waals surface area contributed by atoms with Crippen molar-refractivity contribution in [3.05, 3.63) is 90.1 Å². The number of benzene rings is 2. The lowest BCUT2D eigenvalue weighted by Gasteiger charge is -2.06. The van der Waals surface area contributed by atoms with Crippen molar-refractivity contribution in [1.29, 1.82) is 0 Å². The van der Waals surface area contributed by atoms with Crippen molar-refractivity contribution >= 4 is 16.9 Å². The van der Waals surface area contributed by atoms with E-state index in [0.29, 0.717) is 12.1 Å². The summed E-state index contributed by atoms with van der Waals surface area (Å²) in [5, 5.41) is 10.4. The Balaban J connectivity index is 1.72. The third-order valence-electron chi connectivity index (χ3n) is 4.31. The minimum atomic E-state index is -0.903. The zero-order valence-electron chi connectivity index (χ0n) is 13.5. The smallest absolute Gasteiger partial charge is 0.335 e. The molecule has 2 heterocycles. The van der Waals surface area contributed by atoms with Crippen LogP contribution in [0.4, 0.5) is 0 Å². The van der Waals surface area contributed by atoms with Gasteiger partial charge in [0.1, 0.15) is 0 Å². The monoisotopic (exact) mass is 331 g/mol. The van der Waals surface area contributed by atoms with Gasteiger partial charge < -0.3 is 14.2 Å².